The summed E-state index contributed by atoms with van der Waals surface area (Å²) in [7, 11) is 3.04. The van der Waals surface area contributed by atoms with Crippen LogP contribution in [0.15, 0.2) is 17.7 Å². The summed E-state index contributed by atoms with van der Waals surface area (Å²) in [4.78, 5) is 8.10. The summed E-state index contributed by atoms with van der Waals surface area (Å²) in [6, 6.07) is 1.58. The van der Waals surface area contributed by atoms with Crippen LogP contribution in [-0.2, 0) is 0 Å². The first-order valence-corrected chi connectivity index (χ1v) is 4.57. The van der Waals surface area contributed by atoms with Crippen LogP contribution in [-0.4, -0.2) is 30.7 Å². The normalized spacial score (nSPS) is 9.53. The van der Waals surface area contributed by atoms with E-state index in [0.29, 0.717) is 29.3 Å². The van der Waals surface area contributed by atoms with Gasteiger partial charge < -0.3 is 14.8 Å². The summed E-state index contributed by atoms with van der Waals surface area (Å²) in [5.41, 5.74) is 0. The van der Waals surface area contributed by atoms with E-state index in [1.807, 2.05) is 0 Å². The van der Waals surface area contributed by atoms with Gasteiger partial charge in [0.1, 0.15) is 0 Å². The van der Waals surface area contributed by atoms with Crippen molar-refractivity contribution in [3.8, 4) is 11.8 Å². The molecule has 1 N–H and O–H groups in total. The topological polar surface area (TPSA) is 56.3 Å². The molecule has 1 aromatic rings. The van der Waals surface area contributed by atoms with Crippen molar-refractivity contribution in [2.24, 2.45) is 0 Å². The van der Waals surface area contributed by atoms with Gasteiger partial charge in [-0.1, -0.05) is 18.2 Å². The number of aromatic nitrogens is 2. The molecule has 5 nitrogen and oxygen atoms in total. The van der Waals surface area contributed by atoms with Gasteiger partial charge in [-0.25, -0.2) is 0 Å². The molecule has 1 aromatic heterocycles. The molecule has 1 rings (SSSR count). The zero-order chi connectivity index (χ0) is 11.3. The van der Waals surface area contributed by atoms with Gasteiger partial charge in [-0.15, -0.1) is 0 Å². The number of hydrogen-bond acceptors (Lipinski definition) is 5. The molecule has 15 heavy (non-hydrogen) atoms. The predicted molar refractivity (Wildman–Crippen MR) is 58.6 cm³/mol. The van der Waals surface area contributed by atoms with Crippen molar-refractivity contribution < 1.29 is 9.47 Å². The Bertz CT molecular complexity index is 335. The number of anilines is 1. The number of ether oxygens (including phenoxy) is 2. The highest BCUT2D eigenvalue weighted by atomic mass is 35.5. The second-order valence-electron chi connectivity index (χ2n) is 2.65. The van der Waals surface area contributed by atoms with Gasteiger partial charge in [-0.2, -0.15) is 9.97 Å². The number of hydrogen-bond donors (Lipinski definition) is 1. The smallest absolute Gasteiger partial charge is 0.229 e. The van der Waals surface area contributed by atoms with Crippen molar-refractivity contribution in [2.45, 2.75) is 0 Å². The Kier molecular flexibility index (Phi) is 4.17. The van der Waals surface area contributed by atoms with E-state index >= 15 is 0 Å². The maximum absolute atomic E-state index is 5.60. The Labute approximate surface area is 93.1 Å². The zero-order valence-corrected chi connectivity index (χ0v) is 9.34. The lowest BCUT2D eigenvalue weighted by Crippen LogP contribution is -2.06. The summed E-state index contributed by atoms with van der Waals surface area (Å²) in [5, 5.41) is 3.35. The second-order valence-corrected chi connectivity index (χ2v) is 3.18. The average molecular weight is 230 g/mol. The summed E-state index contributed by atoms with van der Waals surface area (Å²) < 4.78 is 9.96. The lowest BCUT2D eigenvalue weighted by molar-refractivity contribution is 0.373. The van der Waals surface area contributed by atoms with Crippen LogP contribution in [0.5, 0.6) is 11.8 Å². The molecule has 0 aromatic carbocycles. The molecule has 0 atom stereocenters. The molecular weight excluding hydrogens is 218 g/mol. The van der Waals surface area contributed by atoms with Gasteiger partial charge in [-0.3, -0.25) is 0 Å². The Morgan fingerprint density at radius 1 is 1.40 bits per heavy atom. The van der Waals surface area contributed by atoms with Crippen LogP contribution in [0.25, 0.3) is 0 Å². The van der Waals surface area contributed by atoms with Gasteiger partial charge in [-0.05, 0) is 0 Å². The van der Waals surface area contributed by atoms with Crippen molar-refractivity contribution in [3.63, 3.8) is 0 Å². The molecule has 0 spiro atoms. The van der Waals surface area contributed by atoms with Gasteiger partial charge in [0.05, 0.1) is 26.8 Å². The highest BCUT2D eigenvalue weighted by Crippen LogP contribution is 2.17. The molecule has 0 aliphatic rings. The van der Waals surface area contributed by atoms with E-state index in [0.717, 1.165) is 0 Å². The zero-order valence-electron chi connectivity index (χ0n) is 8.58. The van der Waals surface area contributed by atoms with Crippen molar-refractivity contribution in [1.82, 2.24) is 9.97 Å². The van der Waals surface area contributed by atoms with Crippen LogP contribution in [0.4, 0.5) is 5.95 Å². The Morgan fingerprint density at radius 2 is 1.93 bits per heavy atom. The molecule has 82 valence electrons. The number of nitrogens with zero attached hydrogens (tertiary/aromatic N) is 2. The molecule has 0 saturated heterocycles. The van der Waals surface area contributed by atoms with E-state index in [9.17, 15) is 0 Å². The monoisotopic (exact) mass is 229 g/mol. The van der Waals surface area contributed by atoms with Gasteiger partial charge >= 0.3 is 0 Å². The number of nitrogens with one attached hydrogen (secondary N) is 1. The fourth-order valence-electron chi connectivity index (χ4n) is 0.867. The Balaban J connectivity index is 2.81. The minimum atomic E-state index is 0.382. The largest absolute Gasteiger partial charge is 0.481 e. The van der Waals surface area contributed by atoms with E-state index in [-0.39, 0.29) is 0 Å². The van der Waals surface area contributed by atoms with E-state index in [2.05, 4.69) is 21.9 Å². The minimum absolute atomic E-state index is 0.382. The fourth-order valence-corrected chi connectivity index (χ4v) is 0.934. The number of halogens is 1. The minimum Gasteiger partial charge on any atom is -0.481 e. The third kappa shape index (κ3) is 3.63. The third-order valence-corrected chi connectivity index (χ3v) is 1.67. The quantitative estimate of drug-likeness (QED) is 0.832. The Morgan fingerprint density at radius 3 is 2.33 bits per heavy atom. The SMILES string of the molecule is C=C(Cl)CNc1nc(OC)cc(OC)n1. The molecule has 0 aliphatic heterocycles. The molecule has 0 aliphatic carbocycles. The number of methoxy groups -OCH3 is 2. The van der Waals surface area contributed by atoms with Gasteiger partial charge in [0.15, 0.2) is 0 Å². The van der Waals surface area contributed by atoms with Crippen LogP contribution >= 0.6 is 11.6 Å². The highest BCUT2D eigenvalue weighted by Gasteiger charge is 2.04. The lowest BCUT2D eigenvalue weighted by Gasteiger charge is -2.07. The molecule has 0 bridgehead atoms. The standard InChI is InChI=1S/C9H12ClN3O2/c1-6(10)5-11-9-12-7(14-2)4-8(13-9)15-3/h4H,1,5H2,2-3H3,(H,11,12,13). The van der Waals surface area contributed by atoms with Gasteiger partial charge in [0.25, 0.3) is 0 Å². The van der Waals surface area contributed by atoms with Crippen LogP contribution in [0.3, 0.4) is 0 Å². The summed E-state index contributed by atoms with van der Waals surface area (Å²) >= 11 is 5.60. The van der Waals surface area contributed by atoms with E-state index in [1.165, 1.54) is 14.2 Å². The molecule has 0 amide bonds. The maximum atomic E-state index is 5.60. The van der Waals surface area contributed by atoms with Crippen molar-refractivity contribution >= 4 is 17.5 Å². The second kappa shape index (κ2) is 5.41. The molecule has 0 radical (unpaired) electrons. The summed E-state index contributed by atoms with van der Waals surface area (Å²) in [6.45, 7) is 3.93. The third-order valence-electron chi connectivity index (χ3n) is 1.54. The number of rotatable bonds is 5. The summed E-state index contributed by atoms with van der Waals surface area (Å²) in [5.74, 6) is 1.22. The molecular formula is C9H12ClN3O2. The molecule has 6 heteroatoms. The fraction of sp³-hybridized carbons (Fsp3) is 0.333. The first-order chi connectivity index (χ1) is 7.15. The van der Waals surface area contributed by atoms with Crippen LogP contribution in [0.1, 0.15) is 0 Å². The van der Waals surface area contributed by atoms with Crippen LogP contribution in [0, 0.1) is 0 Å². The average Bonchev–Trinajstić information content (AvgIpc) is 2.25. The molecule has 1 heterocycles. The van der Waals surface area contributed by atoms with E-state index < -0.39 is 0 Å². The molecule has 0 fully saturated rings. The van der Waals surface area contributed by atoms with Gasteiger partial charge in [0.2, 0.25) is 17.7 Å². The highest BCUT2D eigenvalue weighted by molar-refractivity contribution is 6.29. The maximum Gasteiger partial charge on any atom is 0.229 e. The van der Waals surface area contributed by atoms with Crippen molar-refractivity contribution in [3.05, 3.63) is 17.7 Å². The lowest BCUT2D eigenvalue weighted by atomic mass is 10.5. The molecule has 0 unspecified atom stereocenters. The van der Waals surface area contributed by atoms with Crippen LogP contribution in [0.2, 0.25) is 0 Å². The van der Waals surface area contributed by atoms with E-state index in [4.69, 9.17) is 21.1 Å². The first kappa shape index (κ1) is 11.6. The first-order valence-electron chi connectivity index (χ1n) is 4.20. The molecule has 0 saturated carbocycles. The predicted octanol–water partition coefficient (Wildman–Crippen LogP) is 1.66. The van der Waals surface area contributed by atoms with Crippen LogP contribution < -0.4 is 14.8 Å². The summed E-state index contributed by atoms with van der Waals surface area (Å²) in [6.07, 6.45) is 0. The van der Waals surface area contributed by atoms with Crippen molar-refractivity contribution in [1.29, 1.82) is 0 Å². The van der Waals surface area contributed by atoms with Gasteiger partial charge in [0, 0.05) is 5.03 Å². The van der Waals surface area contributed by atoms with Crippen molar-refractivity contribution in [2.75, 3.05) is 26.1 Å². The Hall–Kier alpha value is -1.49. The van der Waals surface area contributed by atoms with E-state index in [1.54, 1.807) is 6.07 Å².